The molecule has 1 aromatic carbocycles. The van der Waals surface area contributed by atoms with Crippen molar-refractivity contribution in [2.75, 3.05) is 25.6 Å². The Labute approximate surface area is 106 Å². The zero-order chi connectivity index (χ0) is 12.3. The normalized spacial score (nSPS) is 11.4. The first-order valence-corrected chi connectivity index (χ1v) is 5.99. The highest BCUT2D eigenvalue weighted by molar-refractivity contribution is 9.10. The van der Waals surface area contributed by atoms with Crippen molar-refractivity contribution in [1.29, 1.82) is 0 Å². The topological polar surface area (TPSA) is 38.5 Å². The Kier molecular flexibility index (Phi) is 4.21. The Bertz CT molecular complexity index is 366. The van der Waals surface area contributed by atoms with Gasteiger partial charge in [0, 0.05) is 23.6 Å². The number of halogens is 1. The summed E-state index contributed by atoms with van der Waals surface area (Å²) in [5, 5.41) is 0. The summed E-state index contributed by atoms with van der Waals surface area (Å²) >= 11 is 3.47. The highest BCUT2D eigenvalue weighted by atomic mass is 79.9. The molecule has 1 aromatic rings. The Morgan fingerprint density at radius 3 is 2.56 bits per heavy atom. The molecule has 0 fully saturated rings. The van der Waals surface area contributed by atoms with Crippen molar-refractivity contribution in [2.45, 2.75) is 19.4 Å². The van der Waals surface area contributed by atoms with Gasteiger partial charge in [-0.05, 0) is 32.0 Å². The van der Waals surface area contributed by atoms with E-state index in [4.69, 9.17) is 10.5 Å². The third kappa shape index (κ3) is 2.68. The molecule has 0 heterocycles. The lowest BCUT2D eigenvalue weighted by Gasteiger charge is -2.37. The van der Waals surface area contributed by atoms with Crippen molar-refractivity contribution in [3.63, 3.8) is 0 Å². The molecular weight excluding hydrogens is 268 g/mol. The Balaban J connectivity index is 3.16. The second-order valence-electron chi connectivity index (χ2n) is 4.39. The number of nitrogens with two attached hydrogens (primary N) is 1. The summed E-state index contributed by atoms with van der Waals surface area (Å²) in [4.78, 5) is 2.14. The van der Waals surface area contributed by atoms with E-state index in [0.717, 1.165) is 15.9 Å². The van der Waals surface area contributed by atoms with Crippen LogP contribution >= 0.6 is 15.9 Å². The molecule has 0 aliphatic heterocycles. The van der Waals surface area contributed by atoms with E-state index in [0.29, 0.717) is 6.54 Å². The van der Waals surface area contributed by atoms with Gasteiger partial charge in [0.05, 0.1) is 12.8 Å². The maximum atomic E-state index is 5.78. The van der Waals surface area contributed by atoms with Gasteiger partial charge in [-0.2, -0.15) is 0 Å². The molecule has 0 atom stereocenters. The van der Waals surface area contributed by atoms with Crippen LogP contribution in [-0.2, 0) is 0 Å². The van der Waals surface area contributed by atoms with Gasteiger partial charge in [0.2, 0.25) is 0 Å². The third-order valence-electron chi connectivity index (χ3n) is 2.91. The maximum Gasteiger partial charge on any atom is 0.142 e. The molecule has 0 aliphatic carbocycles. The number of hydrogen-bond donors (Lipinski definition) is 1. The van der Waals surface area contributed by atoms with E-state index >= 15 is 0 Å². The van der Waals surface area contributed by atoms with Crippen molar-refractivity contribution >= 4 is 21.6 Å². The van der Waals surface area contributed by atoms with Crippen LogP contribution in [0.3, 0.4) is 0 Å². The van der Waals surface area contributed by atoms with Crippen LogP contribution in [0, 0.1) is 0 Å². The third-order valence-corrected chi connectivity index (χ3v) is 3.40. The van der Waals surface area contributed by atoms with Crippen molar-refractivity contribution in [1.82, 2.24) is 0 Å². The molecule has 16 heavy (non-hydrogen) atoms. The van der Waals surface area contributed by atoms with Gasteiger partial charge < -0.3 is 15.4 Å². The molecule has 90 valence electrons. The molecule has 4 heteroatoms. The predicted octanol–water partition coefficient (Wildman–Crippen LogP) is 2.63. The van der Waals surface area contributed by atoms with Crippen LogP contribution in [0.1, 0.15) is 13.8 Å². The number of ether oxygens (including phenoxy) is 1. The summed E-state index contributed by atoms with van der Waals surface area (Å²) in [7, 11) is 3.70. The summed E-state index contributed by atoms with van der Waals surface area (Å²) in [6.07, 6.45) is 0. The molecule has 0 aromatic heterocycles. The highest BCUT2D eigenvalue weighted by Crippen LogP contribution is 2.33. The summed E-state index contributed by atoms with van der Waals surface area (Å²) in [6.45, 7) is 4.79. The van der Waals surface area contributed by atoms with Gasteiger partial charge in [-0.3, -0.25) is 0 Å². The number of rotatable bonds is 4. The van der Waals surface area contributed by atoms with Gasteiger partial charge in [0.25, 0.3) is 0 Å². The SMILES string of the molecule is COc1ccc(Br)cc1N(C)C(C)(C)CN. The number of hydrogen-bond acceptors (Lipinski definition) is 3. The molecular formula is C12H19BrN2O. The number of nitrogens with zero attached hydrogens (tertiary/aromatic N) is 1. The summed E-state index contributed by atoms with van der Waals surface area (Å²) in [5.74, 6) is 0.854. The fourth-order valence-electron chi connectivity index (χ4n) is 1.39. The molecule has 0 aliphatic rings. The van der Waals surface area contributed by atoms with E-state index in [1.807, 2.05) is 25.2 Å². The average Bonchev–Trinajstić information content (AvgIpc) is 2.28. The summed E-state index contributed by atoms with van der Waals surface area (Å²) < 4.78 is 6.39. The lowest BCUT2D eigenvalue weighted by Crippen LogP contribution is -2.47. The maximum absolute atomic E-state index is 5.78. The molecule has 0 saturated carbocycles. The van der Waals surface area contributed by atoms with E-state index < -0.39 is 0 Å². The van der Waals surface area contributed by atoms with Crippen LogP contribution in [-0.4, -0.2) is 26.2 Å². The lowest BCUT2D eigenvalue weighted by molar-refractivity contribution is 0.408. The van der Waals surface area contributed by atoms with Crippen LogP contribution in [0.15, 0.2) is 22.7 Å². The van der Waals surface area contributed by atoms with Crippen molar-refractivity contribution < 1.29 is 4.74 Å². The minimum atomic E-state index is -0.103. The second kappa shape index (κ2) is 5.06. The molecule has 0 unspecified atom stereocenters. The minimum absolute atomic E-state index is 0.103. The number of methoxy groups -OCH3 is 1. The van der Waals surface area contributed by atoms with Crippen molar-refractivity contribution in [3.05, 3.63) is 22.7 Å². The summed E-state index contributed by atoms with van der Waals surface area (Å²) in [5.41, 5.74) is 6.71. The van der Waals surface area contributed by atoms with E-state index in [1.165, 1.54) is 0 Å². The van der Waals surface area contributed by atoms with Crippen LogP contribution in [0.25, 0.3) is 0 Å². The van der Waals surface area contributed by atoms with Crippen LogP contribution in [0.2, 0.25) is 0 Å². The van der Waals surface area contributed by atoms with Crippen LogP contribution in [0.5, 0.6) is 5.75 Å². The van der Waals surface area contributed by atoms with Crippen LogP contribution in [0.4, 0.5) is 5.69 Å². The van der Waals surface area contributed by atoms with Gasteiger partial charge in [0.1, 0.15) is 5.75 Å². The molecule has 3 nitrogen and oxygen atoms in total. The van der Waals surface area contributed by atoms with Crippen molar-refractivity contribution in [2.24, 2.45) is 5.73 Å². The molecule has 2 N–H and O–H groups in total. The smallest absolute Gasteiger partial charge is 0.142 e. The van der Waals surface area contributed by atoms with E-state index in [9.17, 15) is 0 Å². The fourth-order valence-corrected chi connectivity index (χ4v) is 1.74. The Morgan fingerprint density at radius 2 is 2.06 bits per heavy atom. The van der Waals surface area contributed by atoms with Gasteiger partial charge in [-0.1, -0.05) is 15.9 Å². The van der Waals surface area contributed by atoms with E-state index in [-0.39, 0.29) is 5.54 Å². The standard InChI is InChI=1S/C12H19BrN2O/c1-12(2,8-14)15(3)10-7-9(13)5-6-11(10)16-4/h5-7H,8,14H2,1-4H3. The number of benzene rings is 1. The first-order chi connectivity index (χ1) is 7.42. The lowest BCUT2D eigenvalue weighted by atomic mass is 10.0. The zero-order valence-corrected chi connectivity index (χ0v) is 11.8. The van der Waals surface area contributed by atoms with Gasteiger partial charge >= 0.3 is 0 Å². The molecule has 0 saturated heterocycles. The quantitative estimate of drug-likeness (QED) is 0.925. The van der Waals surface area contributed by atoms with Crippen LogP contribution < -0.4 is 15.4 Å². The van der Waals surface area contributed by atoms with Gasteiger partial charge in [0.15, 0.2) is 0 Å². The molecule has 0 bridgehead atoms. The fraction of sp³-hybridized carbons (Fsp3) is 0.500. The Morgan fingerprint density at radius 1 is 1.44 bits per heavy atom. The monoisotopic (exact) mass is 286 g/mol. The molecule has 0 amide bonds. The van der Waals surface area contributed by atoms with E-state index in [2.05, 4.69) is 34.7 Å². The molecule has 1 rings (SSSR count). The Hall–Kier alpha value is -0.740. The second-order valence-corrected chi connectivity index (χ2v) is 5.31. The number of likely N-dealkylation sites (N-methyl/N-ethyl adjacent to an activating group) is 1. The predicted molar refractivity (Wildman–Crippen MR) is 72.2 cm³/mol. The van der Waals surface area contributed by atoms with Crippen molar-refractivity contribution in [3.8, 4) is 5.75 Å². The molecule has 0 radical (unpaired) electrons. The van der Waals surface area contributed by atoms with Gasteiger partial charge in [-0.25, -0.2) is 0 Å². The highest BCUT2D eigenvalue weighted by Gasteiger charge is 2.24. The number of anilines is 1. The minimum Gasteiger partial charge on any atom is -0.495 e. The largest absolute Gasteiger partial charge is 0.495 e. The van der Waals surface area contributed by atoms with E-state index in [1.54, 1.807) is 7.11 Å². The summed E-state index contributed by atoms with van der Waals surface area (Å²) in [6, 6.07) is 5.95. The first kappa shape index (κ1) is 13.3. The average molecular weight is 287 g/mol. The first-order valence-electron chi connectivity index (χ1n) is 5.20. The van der Waals surface area contributed by atoms with Gasteiger partial charge in [-0.15, -0.1) is 0 Å². The zero-order valence-electron chi connectivity index (χ0n) is 10.2. The molecule has 0 spiro atoms.